The highest BCUT2D eigenvalue weighted by atomic mass is 35.5. The third-order valence-electron chi connectivity index (χ3n) is 4.31. The molecule has 3 aromatic rings. The van der Waals surface area contributed by atoms with Crippen LogP contribution in [-0.4, -0.2) is 20.8 Å². The first-order valence-electron chi connectivity index (χ1n) is 8.48. The molecule has 0 saturated heterocycles. The zero-order valence-electron chi connectivity index (χ0n) is 15.0. The molecule has 1 atom stereocenters. The Hall–Kier alpha value is -2.60. The summed E-state index contributed by atoms with van der Waals surface area (Å²) in [4.78, 5) is 12.8. The summed E-state index contributed by atoms with van der Waals surface area (Å²) in [6, 6.07) is 8.05. The van der Waals surface area contributed by atoms with E-state index in [-0.39, 0.29) is 17.6 Å². The molecule has 1 unspecified atom stereocenters. The lowest BCUT2D eigenvalue weighted by atomic mass is 10.0. The molecular weight excluding hydrogens is 352 g/mol. The van der Waals surface area contributed by atoms with Crippen molar-refractivity contribution in [2.75, 3.05) is 0 Å². The summed E-state index contributed by atoms with van der Waals surface area (Å²) in [5, 5.41) is 11.7. The zero-order chi connectivity index (χ0) is 18.7. The van der Waals surface area contributed by atoms with E-state index in [4.69, 9.17) is 16.1 Å². The molecule has 0 saturated carbocycles. The second-order valence-electron chi connectivity index (χ2n) is 6.27. The van der Waals surface area contributed by atoms with Gasteiger partial charge in [0.05, 0.1) is 23.8 Å². The van der Waals surface area contributed by atoms with Gasteiger partial charge in [-0.1, -0.05) is 53.5 Å². The number of carbonyl (C=O) groups is 1. The first kappa shape index (κ1) is 18.2. The molecule has 0 radical (unpaired) electrons. The van der Waals surface area contributed by atoms with Crippen LogP contribution in [0.15, 0.2) is 41.2 Å². The van der Waals surface area contributed by atoms with Gasteiger partial charge in [-0.3, -0.25) is 9.48 Å². The minimum Gasteiger partial charge on any atom is -0.361 e. The molecule has 0 aliphatic carbocycles. The summed E-state index contributed by atoms with van der Waals surface area (Å²) >= 11 is 5.91. The van der Waals surface area contributed by atoms with Gasteiger partial charge in [0, 0.05) is 11.8 Å². The highest BCUT2D eigenvalue weighted by molar-refractivity contribution is 6.30. The molecule has 0 aliphatic heterocycles. The third kappa shape index (κ3) is 3.96. The van der Waals surface area contributed by atoms with Crippen molar-refractivity contribution in [3.05, 3.63) is 69.8 Å². The Bertz CT molecular complexity index is 899. The van der Waals surface area contributed by atoms with Gasteiger partial charge < -0.3 is 9.84 Å². The van der Waals surface area contributed by atoms with E-state index in [0.29, 0.717) is 22.9 Å². The predicted molar refractivity (Wildman–Crippen MR) is 99.3 cm³/mol. The molecule has 1 aromatic carbocycles. The number of rotatable bonds is 6. The molecule has 7 heteroatoms. The third-order valence-corrected chi connectivity index (χ3v) is 4.51. The van der Waals surface area contributed by atoms with E-state index in [9.17, 15) is 4.79 Å². The fourth-order valence-electron chi connectivity index (χ4n) is 2.79. The molecule has 0 aliphatic rings. The molecule has 136 valence electrons. The van der Waals surface area contributed by atoms with Gasteiger partial charge in [-0.25, -0.2) is 0 Å². The second kappa shape index (κ2) is 7.74. The van der Waals surface area contributed by atoms with Gasteiger partial charge in [0.25, 0.3) is 5.91 Å². The zero-order valence-corrected chi connectivity index (χ0v) is 15.7. The molecule has 2 aromatic heterocycles. The minimum absolute atomic E-state index is 0.0906. The van der Waals surface area contributed by atoms with Gasteiger partial charge in [-0.15, -0.1) is 0 Å². The van der Waals surface area contributed by atoms with Crippen molar-refractivity contribution in [3.63, 3.8) is 0 Å². The fraction of sp³-hybridized carbons (Fsp3) is 0.316. The first-order valence-corrected chi connectivity index (χ1v) is 8.86. The number of nitrogens with zero attached hydrogens (tertiary/aromatic N) is 3. The molecule has 1 N–H and O–H groups in total. The maximum Gasteiger partial charge on any atom is 0.274 e. The van der Waals surface area contributed by atoms with Crippen molar-refractivity contribution in [1.29, 1.82) is 0 Å². The number of benzene rings is 1. The number of hydrogen-bond donors (Lipinski definition) is 1. The van der Waals surface area contributed by atoms with Crippen LogP contribution < -0.4 is 5.32 Å². The predicted octanol–water partition coefficient (Wildman–Crippen LogP) is 4.07. The average Bonchev–Trinajstić information content (AvgIpc) is 3.20. The standard InChI is InChI=1S/C19H21ClN4O2/c1-4-17(14-7-5-12(2)6-8-14)22-19(25)18-16(13(3)26-23-18)11-24-10-15(20)9-21-24/h5-10,17H,4,11H2,1-3H3,(H,22,25). The minimum atomic E-state index is -0.262. The summed E-state index contributed by atoms with van der Waals surface area (Å²) in [5.41, 5.74) is 3.22. The van der Waals surface area contributed by atoms with Crippen molar-refractivity contribution >= 4 is 17.5 Å². The lowest BCUT2D eigenvalue weighted by Crippen LogP contribution is -2.29. The molecule has 2 heterocycles. The van der Waals surface area contributed by atoms with Crippen LogP contribution in [0.4, 0.5) is 0 Å². The van der Waals surface area contributed by atoms with Crippen LogP contribution in [0.1, 0.15) is 52.3 Å². The fourth-order valence-corrected chi connectivity index (χ4v) is 2.95. The SMILES string of the molecule is CCC(NC(=O)c1noc(C)c1Cn1cc(Cl)cn1)c1ccc(C)cc1. The van der Waals surface area contributed by atoms with E-state index in [2.05, 4.69) is 15.6 Å². The van der Waals surface area contributed by atoms with E-state index in [0.717, 1.165) is 12.0 Å². The van der Waals surface area contributed by atoms with Crippen LogP contribution in [0.5, 0.6) is 0 Å². The van der Waals surface area contributed by atoms with Crippen molar-refractivity contribution in [1.82, 2.24) is 20.3 Å². The molecule has 0 fully saturated rings. The average molecular weight is 373 g/mol. The topological polar surface area (TPSA) is 73.0 Å². The van der Waals surface area contributed by atoms with Gasteiger partial charge in [0.1, 0.15) is 5.76 Å². The largest absolute Gasteiger partial charge is 0.361 e. The Morgan fingerprint density at radius 2 is 2.04 bits per heavy atom. The lowest BCUT2D eigenvalue weighted by Gasteiger charge is -2.17. The van der Waals surface area contributed by atoms with E-state index < -0.39 is 0 Å². The number of aromatic nitrogens is 3. The Morgan fingerprint density at radius 3 is 2.65 bits per heavy atom. The molecular formula is C19H21ClN4O2. The van der Waals surface area contributed by atoms with Crippen molar-refractivity contribution in [2.45, 2.75) is 39.8 Å². The van der Waals surface area contributed by atoms with Gasteiger partial charge in [0.15, 0.2) is 5.69 Å². The Balaban J connectivity index is 1.80. The van der Waals surface area contributed by atoms with E-state index in [1.54, 1.807) is 24.0 Å². The van der Waals surface area contributed by atoms with Gasteiger partial charge in [-0.2, -0.15) is 5.10 Å². The molecule has 6 nitrogen and oxygen atoms in total. The summed E-state index contributed by atoms with van der Waals surface area (Å²) < 4.78 is 6.90. The van der Waals surface area contributed by atoms with Gasteiger partial charge in [0.2, 0.25) is 0 Å². The second-order valence-corrected chi connectivity index (χ2v) is 6.70. The van der Waals surface area contributed by atoms with E-state index in [1.807, 2.05) is 38.1 Å². The molecule has 1 amide bonds. The van der Waals surface area contributed by atoms with Crippen LogP contribution in [-0.2, 0) is 6.54 Å². The number of aryl methyl sites for hydroxylation is 2. The number of hydrogen-bond acceptors (Lipinski definition) is 4. The summed E-state index contributed by atoms with van der Waals surface area (Å²) in [7, 11) is 0. The normalized spacial score (nSPS) is 12.2. The van der Waals surface area contributed by atoms with Crippen LogP contribution in [0.3, 0.4) is 0 Å². The Labute approximate surface area is 157 Å². The maximum atomic E-state index is 12.8. The number of nitrogens with one attached hydrogen (secondary N) is 1. The summed E-state index contributed by atoms with van der Waals surface area (Å²) in [6.07, 6.45) is 4.02. The molecule has 26 heavy (non-hydrogen) atoms. The highest BCUT2D eigenvalue weighted by Gasteiger charge is 2.23. The quantitative estimate of drug-likeness (QED) is 0.707. The van der Waals surface area contributed by atoms with Crippen LogP contribution in [0.25, 0.3) is 0 Å². The molecule has 0 bridgehead atoms. The lowest BCUT2D eigenvalue weighted by molar-refractivity contribution is 0.0925. The highest BCUT2D eigenvalue weighted by Crippen LogP contribution is 2.20. The van der Waals surface area contributed by atoms with E-state index in [1.165, 1.54) is 5.56 Å². The number of halogens is 1. The summed E-state index contributed by atoms with van der Waals surface area (Å²) in [5.74, 6) is 0.327. The monoisotopic (exact) mass is 372 g/mol. The molecule has 0 spiro atoms. The van der Waals surface area contributed by atoms with Crippen molar-refractivity contribution in [3.8, 4) is 0 Å². The number of carbonyl (C=O) groups excluding carboxylic acids is 1. The molecule has 3 rings (SSSR count). The van der Waals surface area contributed by atoms with Crippen LogP contribution in [0, 0.1) is 13.8 Å². The Morgan fingerprint density at radius 1 is 1.31 bits per heavy atom. The summed E-state index contributed by atoms with van der Waals surface area (Å²) in [6.45, 7) is 6.22. The smallest absolute Gasteiger partial charge is 0.274 e. The van der Waals surface area contributed by atoms with E-state index >= 15 is 0 Å². The van der Waals surface area contributed by atoms with Crippen LogP contribution in [0.2, 0.25) is 5.02 Å². The van der Waals surface area contributed by atoms with Gasteiger partial charge in [-0.05, 0) is 25.8 Å². The maximum absolute atomic E-state index is 12.8. The van der Waals surface area contributed by atoms with Gasteiger partial charge >= 0.3 is 0 Å². The first-order chi connectivity index (χ1) is 12.5. The van der Waals surface area contributed by atoms with Crippen molar-refractivity contribution < 1.29 is 9.32 Å². The van der Waals surface area contributed by atoms with Crippen molar-refractivity contribution in [2.24, 2.45) is 0 Å². The van der Waals surface area contributed by atoms with Crippen LogP contribution >= 0.6 is 11.6 Å². The Kier molecular flexibility index (Phi) is 5.42. The number of amides is 1.